The lowest BCUT2D eigenvalue weighted by atomic mass is 10.00. The first-order valence-electron chi connectivity index (χ1n) is 6.79. The number of esters is 1. The second-order valence-electron chi connectivity index (χ2n) is 5.27. The first kappa shape index (κ1) is 12.8. The number of likely N-dealkylation sites (tertiary alicyclic amines) is 1. The maximum absolute atomic E-state index is 11.6. The summed E-state index contributed by atoms with van der Waals surface area (Å²) in [6, 6.07) is 1.14. The van der Waals surface area contributed by atoms with Crippen LogP contribution in [0.1, 0.15) is 39.0 Å². The quantitative estimate of drug-likeness (QED) is 0.732. The van der Waals surface area contributed by atoms with E-state index in [0.29, 0.717) is 6.04 Å². The van der Waals surface area contributed by atoms with Crippen molar-refractivity contribution >= 4 is 5.97 Å². The number of rotatable bonds is 5. The zero-order valence-corrected chi connectivity index (χ0v) is 10.9. The molecule has 0 aromatic carbocycles. The van der Waals surface area contributed by atoms with Gasteiger partial charge in [-0.3, -0.25) is 9.69 Å². The Morgan fingerprint density at radius 3 is 2.82 bits per heavy atom. The lowest BCUT2D eigenvalue weighted by Crippen LogP contribution is -2.52. The van der Waals surface area contributed by atoms with Crippen molar-refractivity contribution in [1.82, 2.24) is 10.2 Å². The van der Waals surface area contributed by atoms with Crippen LogP contribution in [0.25, 0.3) is 0 Å². The van der Waals surface area contributed by atoms with E-state index in [1.54, 1.807) is 0 Å². The highest BCUT2D eigenvalue weighted by Crippen LogP contribution is 2.22. The van der Waals surface area contributed by atoms with Crippen LogP contribution in [-0.4, -0.2) is 49.2 Å². The largest absolute Gasteiger partial charge is 0.468 e. The minimum Gasteiger partial charge on any atom is -0.468 e. The molecule has 98 valence electrons. The van der Waals surface area contributed by atoms with Gasteiger partial charge in [-0.25, -0.2) is 0 Å². The third-order valence-electron chi connectivity index (χ3n) is 3.93. The molecule has 2 aliphatic rings. The average Bonchev–Trinajstić information content (AvgIpc) is 3.19. The molecule has 2 atom stereocenters. The monoisotopic (exact) mass is 240 g/mol. The van der Waals surface area contributed by atoms with E-state index in [4.69, 9.17) is 4.74 Å². The van der Waals surface area contributed by atoms with Crippen LogP contribution in [-0.2, 0) is 9.53 Å². The Morgan fingerprint density at radius 2 is 2.18 bits per heavy atom. The molecule has 0 bridgehead atoms. The Kier molecular flexibility index (Phi) is 4.40. The molecule has 17 heavy (non-hydrogen) atoms. The molecule has 4 nitrogen and oxygen atoms in total. The minimum absolute atomic E-state index is 0.105. The Bertz CT molecular complexity index is 266. The van der Waals surface area contributed by atoms with Crippen LogP contribution in [0.3, 0.4) is 0 Å². The van der Waals surface area contributed by atoms with Crippen LogP contribution >= 0.6 is 0 Å². The molecule has 1 heterocycles. The van der Waals surface area contributed by atoms with Gasteiger partial charge in [0.1, 0.15) is 6.04 Å². The number of hydrogen-bond donors (Lipinski definition) is 1. The smallest absolute Gasteiger partial charge is 0.322 e. The van der Waals surface area contributed by atoms with Crippen LogP contribution in [0.4, 0.5) is 0 Å². The lowest BCUT2D eigenvalue weighted by Gasteiger charge is -2.38. The summed E-state index contributed by atoms with van der Waals surface area (Å²) >= 11 is 0. The fourth-order valence-electron chi connectivity index (χ4n) is 2.65. The van der Waals surface area contributed by atoms with Crippen LogP contribution in [0.2, 0.25) is 0 Å². The molecule has 0 aromatic rings. The lowest BCUT2D eigenvalue weighted by molar-refractivity contribution is -0.147. The summed E-state index contributed by atoms with van der Waals surface area (Å²) < 4.78 is 4.85. The fourth-order valence-corrected chi connectivity index (χ4v) is 2.65. The van der Waals surface area contributed by atoms with Crippen molar-refractivity contribution in [2.75, 3.05) is 20.2 Å². The predicted molar refractivity (Wildman–Crippen MR) is 66.8 cm³/mol. The summed E-state index contributed by atoms with van der Waals surface area (Å²) in [6.07, 6.45) is 6.31. The molecule has 2 fully saturated rings. The summed E-state index contributed by atoms with van der Waals surface area (Å²) in [4.78, 5) is 13.9. The van der Waals surface area contributed by atoms with E-state index in [9.17, 15) is 4.79 Å². The molecular weight excluding hydrogens is 216 g/mol. The van der Waals surface area contributed by atoms with Gasteiger partial charge in [0.2, 0.25) is 0 Å². The first-order chi connectivity index (χ1) is 8.22. The van der Waals surface area contributed by atoms with Crippen molar-refractivity contribution < 1.29 is 9.53 Å². The van der Waals surface area contributed by atoms with Crippen LogP contribution < -0.4 is 5.32 Å². The van der Waals surface area contributed by atoms with E-state index in [-0.39, 0.29) is 12.0 Å². The predicted octanol–water partition coefficient (Wildman–Crippen LogP) is 1.15. The Balaban J connectivity index is 1.87. The SMILES string of the molecule is COC(=O)C(C)N1CCCCC1CNC1CC1. The first-order valence-corrected chi connectivity index (χ1v) is 6.79. The summed E-state index contributed by atoms with van der Waals surface area (Å²) in [5.41, 5.74) is 0. The molecule has 0 amide bonds. The average molecular weight is 240 g/mol. The van der Waals surface area contributed by atoms with Gasteiger partial charge in [-0.2, -0.15) is 0 Å². The van der Waals surface area contributed by atoms with E-state index in [0.717, 1.165) is 19.1 Å². The van der Waals surface area contributed by atoms with Crippen molar-refractivity contribution in [2.45, 2.75) is 57.2 Å². The number of piperidine rings is 1. The fraction of sp³-hybridized carbons (Fsp3) is 0.923. The maximum atomic E-state index is 11.6. The molecule has 0 radical (unpaired) electrons. The maximum Gasteiger partial charge on any atom is 0.322 e. The number of ether oxygens (including phenoxy) is 1. The van der Waals surface area contributed by atoms with Gasteiger partial charge in [-0.1, -0.05) is 6.42 Å². The molecule has 0 aromatic heterocycles. The standard InChI is InChI=1S/C13H24N2O2/c1-10(13(16)17-2)15-8-4-3-5-12(15)9-14-11-6-7-11/h10-12,14H,3-9H2,1-2H3. The molecule has 1 N–H and O–H groups in total. The molecule has 1 aliphatic carbocycles. The van der Waals surface area contributed by atoms with Gasteiger partial charge in [-0.05, 0) is 39.2 Å². The Morgan fingerprint density at radius 1 is 1.41 bits per heavy atom. The summed E-state index contributed by atoms with van der Waals surface area (Å²) in [5, 5.41) is 3.57. The van der Waals surface area contributed by atoms with Crippen LogP contribution in [0.5, 0.6) is 0 Å². The van der Waals surface area contributed by atoms with E-state index < -0.39 is 0 Å². The highest BCUT2D eigenvalue weighted by molar-refractivity contribution is 5.75. The van der Waals surface area contributed by atoms with Crippen molar-refractivity contribution in [3.8, 4) is 0 Å². The molecule has 2 unspecified atom stereocenters. The summed E-state index contributed by atoms with van der Waals surface area (Å²) in [7, 11) is 1.47. The number of hydrogen-bond acceptors (Lipinski definition) is 4. The second-order valence-corrected chi connectivity index (χ2v) is 5.27. The highest BCUT2D eigenvalue weighted by Gasteiger charge is 2.31. The van der Waals surface area contributed by atoms with Crippen molar-refractivity contribution in [1.29, 1.82) is 0 Å². The van der Waals surface area contributed by atoms with Gasteiger partial charge < -0.3 is 10.1 Å². The van der Waals surface area contributed by atoms with Gasteiger partial charge in [0.25, 0.3) is 0 Å². The third-order valence-corrected chi connectivity index (χ3v) is 3.93. The van der Waals surface area contributed by atoms with Gasteiger partial charge in [-0.15, -0.1) is 0 Å². The summed E-state index contributed by atoms with van der Waals surface area (Å²) in [5.74, 6) is -0.108. The number of carbonyl (C=O) groups is 1. The molecule has 0 spiro atoms. The van der Waals surface area contributed by atoms with Crippen molar-refractivity contribution in [3.05, 3.63) is 0 Å². The Labute approximate surface area is 104 Å². The zero-order chi connectivity index (χ0) is 12.3. The van der Waals surface area contributed by atoms with Crippen LogP contribution in [0, 0.1) is 0 Å². The van der Waals surface area contributed by atoms with Gasteiger partial charge >= 0.3 is 5.97 Å². The van der Waals surface area contributed by atoms with E-state index in [1.807, 2.05) is 6.92 Å². The third kappa shape index (κ3) is 3.42. The van der Waals surface area contributed by atoms with Crippen molar-refractivity contribution in [3.63, 3.8) is 0 Å². The number of nitrogens with zero attached hydrogens (tertiary/aromatic N) is 1. The zero-order valence-electron chi connectivity index (χ0n) is 10.9. The van der Waals surface area contributed by atoms with E-state index >= 15 is 0 Å². The van der Waals surface area contributed by atoms with Gasteiger partial charge in [0, 0.05) is 18.6 Å². The molecular formula is C13H24N2O2. The van der Waals surface area contributed by atoms with Gasteiger partial charge in [0.15, 0.2) is 0 Å². The minimum atomic E-state index is -0.108. The molecule has 1 aliphatic heterocycles. The Hall–Kier alpha value is -0.610. The molecule has 2 rings (SSSR count). The molecule has 1 saturated carbocycles. The second kappa shape index (κ2) is 5.83. The number of methoxy groups -OCH3 is 1. The topological polar surface area (TPSA) is 41.6 Å². The number of nitrogens with one attached hydrogen (secondary N) is 1. The number of carbonyl (C=O) groups excluding carboxylic acids is 1. The molecule has 4 heteroatoms. The van der Waals surface area contributed by atoms with Crippen molar-refractivity contribution in [2.24, 2.45) is 0 Å². The normalized spacial score (nSPS) is 27.8. The van der Waals surface area contributed by atoms with E-state index in [2.05, 4.69) is 10.2 Å². The summed E-state index contributed by atoms with van der Waals surface area (Å²) in [6.45, 7) is 4.00. The molecule has 1 saturated heterocycles. The van der Waals surface area contributed by atoms with Gasteiger partial charge in [0.05, 0.1) is 7.11 Å². The highest BCUT2D eigenvalue weighted by atomic mass is 16.5. The van der Waals surface area contributed by atoms with E-state index in [1.165, 1.54) is 39.2 Å². The van der Waals surface area contributed by atoms with Crippen LogP contribution in [0.15, 0.2) is 0 Å².